The molecule has 0 radical (unpaired) electrons. The van der Waals surface area contributed by atoms with Gasteiger partial charge in [0.15, 0.2) is 6.10 Å². The van der Waals surface area contributed by atoms with E-state index in [9.17, 15) is 9.59 Å². The molecule has 2 aromatic rings. The first-order valence-corrected chi connectivity index (χ1v) is 7.46. The minimum Gasteiger partial charge on any atom is -0.479 e. The Morgan fingerprint density at radius 3 is 2.70 bits per heavy atom. The third-order valence-corrected chi connectivity index (χ3v) is 3.86. The Morgan fingerprint density at radius 1 is 1.22 bits per heavy atom. The molecule has 0 spiro atoms. The van der Waals surface area contributed by atoms with Crippen molar-refractivity contribution in [1.29, 1.82) is 0 Å². The molecular weight excluding hydrogens is 292 g/mol. The standard InChI is InChI=1S/C18H18N2O3/c1-12-18(22)20(2)15-10-13(8-9-16(15)23-12)11-19-17(21)14-6-4-3-5-7-14/h3-10,12H,11H2,1-2H3,(H,19,21). The van der Waals surface area contributed by atoms with E-state index in [0.717, 1.165) is 11.3 Å². The van der Waals surface area contributed by atoms with Crippen molar-refractivity contribution in [3.63, 3.8) is 0 Å². The number of anilines is 1. The van der Waals surface area contributed by atoms with Crippen molar-refractivity contribution in [3.8, 4) is 5.75 Å². The Kier molecular flexibility index (Phi) is 4.02. The first-order valence-electron chi connectivity index (χ1n) is 7.46. The summed E-state index contributed by atoms with van der Waals surface area (Å²) in [6.07, 6.45) is -0.476. The number of carbonyl (C=O) groups is 2. The predicted molar refractivity (Wildman–Crippen MR) is 87.6 cm³/mol. The Bertz CT molecular complexity index is 743. The number of nitrogens with one attached hydrogen (secondary N) is 1. The van der Waals surface area contributed by atoms with Crippen LogP contribution in [0.3, 0.4) is 0 Å². The maximum absolute atomic E-state index is 12.1. The zero-order valence-corrected chi connectivity index (χ0v) is 13.1. The van der Waals surface area contributed by atoms with Crippen LogP contribution in [-0.4, -0.2) is 25.0 Å². The fraction of sp³-hybridized carbons (Fsp3) is 0.222. The maximum Gasteiger partial charge on any atom is 0.267 e. The summed E-state index contributed by atoms with van der Waals surface area (Å²) in [5, 5.41) is 2.87. The van der Waals surface area contributed by atoms with Crippen molar-refractivity contribution in [2.24, 2.45) is 0 Å². The molecule has 1 atom stereocenters. The molecule has 0 bridgehead atoms. The van der Waals surface area contributed by atoms with E-state index in [1.807, 2.05) is 36.4 Å². The molecular formula is C18H18N2O3. The fourth-order valence-electron chi connectivity index (χ4n) is 2.54. The van der Waals surface area contributed by atoms with Crippen LogP contribution in [0.5, 0.6) is 5.75 Å². The summed E-state index contributed by atoms with van der Waals surface area (Å²) in [5.74, 6) is 0.471. The topological polar surface area (TPSA) is 58.6 Å². The van der Waals surface area contributed by atoms with Gasteiger partial charge in [-0.1, -0.05) is 24.3 Å². The van der Waals surface area contributed by atoms with E-state index in [4.69, 9.17) is 4.74 Å². The number of ether oxygens (including phenoxy) is 1. The normalized spacial score (nSPS) is 16.5. The van der Waals surface area contributed by atoms with Crippen LogP contribution in [0.2, 0.25) is 0 Å². The van der Waals surface area contributed by atoms with Gasteiger partial charge in [0, 0.05) is 19.2 Å². The van der Waals surface area contributed by atoms with Gasteiger partial charge in [-0.25, -0.2) is 0 Å². The van der Waals surface area contributed by atoms with E-state index in [1.165, 1.54) is 0 Å². The molecule has 5 heteroatoms. The van der Waals surface area contributed by atoms with Gasteiger partial charge >= 0.3 is 0 Å². The van der Waals surface area contributed by atoms with Gasteiger partial charge < -0.3 is 15.0 Å². The van der Waals surface area contributed by atoms with E-state index in [0.29, 0.717) is 17.9 Å². The van der Waals surface area contributed by atoms with Crippen LogP contribution in [-0.2, 0) is 11.3 Å². The maximum atomic E-state index is 12.1. The zero-order valence-electron chi connectivity index (χ0n) is 13.1. The molecule has 118 valence electrons. The number of amides is 2. The third-order valence-electron chi connectivity index (χ3n) is 3.86. The molecule has 0 fully saturated rings. The summed E-state index contributed by atoms with van der Waals surface area (Å²) < 4.78 is 5.59. The molecule has 23 heavy (non-hydrogen) atoms. The highest BCUT2D eigenvalue weighted by atomic mass is 16.5. The zero-order chi connectivity index (χ0) is 16.4. The Hall–Kier alpha value is -2.82. The highest BCUT2D eigenvalue weighted by molar-refractivity contribution is 5.99. The number of nitrogens with zero attached hydrogens (tertiary/aromatic N) is 1. The fourth-order valence-corrected chi connectivity index (χ4v) is 2.54. The van der Waals surface area contributed by atoms with Crippen molar-refractivity contribution >= 4 is 17.5 Å². The van der Waals surface area contributed by atoms with Crippen molar-refractivity contribution < 1.29 is 14.3 Å². The van der Waals surface area contributed by atoms with Gasteiger partial charge in [-0.3, -0.25) is 9.59 Å². The molecule has 1 N–H and O–H groups in total. The molecule has 0 saturated heterocycles. The van der Waals surface area contributed by atoms with Crippen LogP contribution in [0, 0.1) is 0 Å². The number of benzene rings is 2. The van der Waals surface area contributed by atoms with Gasteiger partial charge in [-0.05, 0) is 36.8 Å². The average Bonchev–Trinajstić information content (AvgIpc) is 2.59. The second-order valence-corrected chi connectivity index (χ2v) is 5.51. The number of carbonyl (C=O) groups excluding carboxylic acids is 2. The van der Waals surface area contributed by atoms with E-state index in [-0.39, 0.29) is 11.8 Å². The second-order valence-electron chi connectivity index (χ2n) is 5.51. The van der Waals surface area contributed by atoms with Gasteiger partial charge in [-0.2, -0.15) is 0 Å². The van der Waals surface area contributed by atoms with Crippen LogP contribution >= 0.6 is 0 Å². The second kappa shape index (κ2) is 6.12. The van der Waals surface area contributed by atoms with Gasteiger partial charge in [0.1, 0.15) is 5.75 Å². The molecule has 1 unspecified atom stereocenters. The number of likely N-dealkylation sites (N-methyl/N-ethyl adjacent to an activating group) is 1. The molecule has 0 aliphatic carbocycles. The SMILES string of the molecule is CC1Oc2ccc(CNC(=O)c3ccccc3)cc2N(C)C1=O. The summed E-state index contributed by atoms with van der Waals surface area (Å²) >= 11 is 0. The van der Waals surface area contributed by atoms with Crippen LogP contribution < -0.4 is 15.0 Å². The molecule has 2 amide bonds. The molecule has 3 rings (SSSR count). The largest absolute Gasteiger partial charge is 0.479 e. The third kappa shape index (κ3) is 3.04. The molecule has 1 aliphatic heterocycles. The minimum atomic E-state index is -0.476. The minimum absolute atomic E-state index is 0.0806. The molecule has 5 nitrogen and oxygen atoms in total. The lowest BCUT2D eigenvalue weighted by atomic mass is 10.1. The Morgan fingerprint density at radius 2 is 1.96 bits per heavy atom. The van der Waals surface area contributed by atoms with Crippen molar-refractivity contribution in [2.75, 3.05) is 11.9 Å². The molecule has 0 saturated carbocycles. The first-order chi connectivity index (χ1) is 11.1. The summed E-state index contributed by atoms with van der Waals surface area (Å²) in [5.41, 5.74) is 2.25. The first kappa shape index (κ1) is 15.1. The Labute approximate surface area is 134 Å². The average molecular weight is 310 g/mol. The van der Waals surface area contributed by atoms with Crippen LogP contribution in [0.25, 0.3) is 0 Å². The summed E-state index contributed by atoms with van der Waals surface area (Å²) in [6, 6.07) is 14.6. The van der Waals surface area contributed by atoms with E-state index >= 15 is 0 Å². The number of hydrogen-bond donors (Lipinski definition) is 1. The predicted octanol–water partition coefficient (Wildman–Crippen LogP) is 2.36. The quantitative estimate of drug-likeness (QED) is 0.947. The van der Waals surface area contributed by atoms with E-state index in [2.05, 4.69) is 5.32 Å². The molecule has 0 aromatic heterocycles. The molecule has 1 heterocycles. The van der Waals surface area contributed by atoms with Crippen LogP contribution in [0.4, 0.5) is 5.69 Å². The van der Waals surface area contributed by atoms with Crippen molar-refractivity contribution in [2.45, 2.75) is 19.6 Å². The highest BCUT2D eigenvalue weighted by Gasteiger charge is 2.28. The number of rotatable bonds is 3. The van der Waals surface area contributed by atoms with Gasteiger partial charge in [0.25, 0.3) is 11.8 Å². The number of fused-ring (bicyclic) bond motifs is 1. The Balaban J connectivity index is 1.73. The lowest BCUT2D eigenvalue weighted by molar-refractivity contribution is -0.125. The highest BCUT2D eigenvalue weighted by Crippen LogP contribution is 2.33. The summed E-state index contributed by atoms with van der Waals surface area (Å²) in [6.45, 7) is 2.12. The molecule has 1 aliphatic rings. The van der Waals surface area contributed by atoms with E-state index in [1.54, 1.807) is 31.0 Å². The summed E-state index contributed by atoms with van der Waals surface area (Å²) in [4.78, 5) is 25.6. The van der Waals surface area contributed by atoms with Gasteiger partial charge in [0.2, 0.25) is 0 Å². The van der Waals surface area contributed by atoms with Gasteiger partial charge in [-0.15, -0.1) is 0 Å². The van der Waals surface area contributed by atoms with E-state index < -0.39 is 6.10 Å². The monoisotopic (exact) mass is 310 g/mol. The lowest BCUT2D eigenvalue weighted by Gasteiger charge is -2.30. The molecule has 2 aromatic carbocycles. The van der Waals surface area contributed by atoms with Crippen LogP contribution in [0.1, 0.15) is 22.8 Å². The van der Waals surface area contributed by atoms with Gasteiger partial charge in [0.05, 0.1) is 5.69 Å². The number of hydrogen-bond acceptors (Lipinski definition) is 3. The lowest BCUT2D eigenvalue weighted by Crippen LogP contribution is -2.42. The summed E-state index contributed by atoms with van der Waals surface area (Å²) in [7, 11) is 1.73. The smallest absolute Gasteiger partial charge is 0.267 e. The van der Waals surface area contributed by atoms with Crippen molar-refractivity contribution in [3.05, 3.63) is 59.7 Å². The van der Waals surface area contributed by atoms with Crippen LogP contribution in [0.15, 0.2) is 48.5 Å². The van der Waals surface area contributed by atoms with Crippen molar-refractivity contribution in [1.82, 2.24) is 5.32 Å².